The van der Waals surface area contributed by atoms with Crippen molar-refractivity contribution in [3.8, 4) is 0 Å². The minimum Gasteiger partial charge on any atom is -0.335 e. The van der Waals surface area contributed by atoms with Crippen LogP contribution in [0.15, 0.2) is 82.8 Å². The first-order valence-corrected chi connectivity index (χ1v) is 10.8. The summed E-state index contributed by atoms with van der Waals surface area (Å²) in [5.74, 6) is -0.0697. The highest BCUT2D eigenvalue weighted by atomic mass is 35.5. The summed E-state index contributed by atoms with van der Waals surface area (Å²) in [7, 11) is 0. The zero-order valence-corrected chi connectivity index (χ0v) is 17.8. The van der Waals surface area contributed by atoms with Crippen LogP contribution in [0.25, 0.3) is 0 Å². The van der Waals surface area contributed by atoms with Gasteiger partial charge in [0, 0.05) is 53.4 Å². The van der Waals surface area contributed by atoms with Crippen molar-refractivity contribution in [1.82, 2.24) is 14.8 Å². The molecule has 7 heteroatoms. The lowest BCUT2D eigenvalue weighted by Crippen LogP contribution is -2.50. The van der Waals surface area contributed by atoms with Crippen molar-refractivity contribution in [3.05, 3.63) is 89.1 Å². The molecule has 3 aromatic rings. The Balaban J connectivity index is 1.34. The zero-order valence-electron chi connectivity index (χ0n) is 16.2. The van der Waals surface area contributed by atoms with Crippen LogP contribution in [0.3, 0.4) is 0 Å². The number of hydrogen-bond donors (Lipinski definition) is 0. The zero-order chi connectivity index (χ0) is 20.9. The molecule has 0 spiro atoms. The number of halogens is 1. The Morgan fingerprint density at radius 3 is 2.07 bits per heavy atom. The number of aromatic nitrogens is 1. The fourth-order valence-corrected chi connectivity index (χ4v) is 4.26. The maximum absolute atomic E-state index is 12.8. The summed E-state index contributed by atoms with van der Waals surface area (Å²) in [5, 5.41) is 1.45. The normalized spacial score (nSPS) is 13.9. The van der Waals surface area contributed by atoms with Crippen molar-refractivity contribution in [2.24, 2.45) is 0 Å². The smallest absolute Gasteiger partial charge is 0.254 e. The summed E-state index contributed by atoms with van der Waals surface area (Å²) in [6.45, 7) is 2.03. The summed E-state index contributed by atoms with van der Waals surface area (Å²) >= 11 is 7.54. The molecule has 1 aliphatic heterocycles. The Morgan fingerprint density at radius 1 is 0.800 bits per heavy atom. The van der Waals surface area contributed by atoms with Gasteiger partial charge in [-0.05, 0) is 54.6 Å². The van der Waals surface area contributed by atoms with Gasteiger partial charge in [0.1, 0.15) is 5.03 Å². The maximum Gasteiger partial charge on any atom is 0.254 e. The molecule has 152 valence electrons. The Hall–Kier alpha value is -2.83. The maximum atomic E-state index is 12.8. The number of nitrogens with zero attached hydrogens (tertiary/aromatic N) is 3. The first kappa shape index (κ1) is 20.4. The van der Waals surface area contributed by atoms with E-state index < -0.39 is 0 Å². The highest BCUT2D eigenvalue weighted by molar-refractivity contribution is 7.99. The van der Waals surface area contributed by atoms with E-state index in [-0.39, 0.29) is 11.8 Å². The number of piperazine rings is 1. The summed E-state index contributed by atoms with van der Waals surface area (Å²) in [5.41, 5.74) is 1.22. The fourth-order valence-electron chi connectivity index (χ4n) is 3.29. The third-order valence-corrected chi connectivity index (χ3v) is 6.08. The fraction of sp³-hybridized carbons (Fsp3) is 0.174. The number of pyridine rings is 1. The predicted molar refractivity (Wildman–Crippen MR) is 118 cm³/mol. The predicted octanol–water partition coefficient (Wildman–Crippen LogP) is 4.48. The van der Waals surface area contributed by atoms with Gasteiger partial charge in [0.2, 0.25) is 0 Å². The minimum absolute atomic E-state index is 0.0146. The molecule has 5 nitrogen and oxygen atoms in total. The summed E-state index contributed by atoms with van der Waals surface area (Å²) in [4.78, 5) is 34.4. The molecule has 2 heterocycles. The standard InChI is InChI=1S/C23H20ClN3O2S/c24-19-5-3-4-18(16-19)23(29)27-14-12-26(13-15-27)22(28)17-7-9-20(10-8-17)30-21-6-1-2-11-25-21/h1-11,16H,12-15H2. The second-order valence-electron chi connectivity index (χ2n) is 6.89. The highest BCUT2D eigenvalue weighted by Gasteiger charge is 2.25. The molecule has 0 atom stereocenters. The molecular formula is C23H20ClN3O2S. The molecule has 0 bridgehead atoms. The van der Waals surface area contributed by atoms with Gasteiger partial charge in [-0.1, -0.05) is 35.5 Å². The van der Waals surface area contributed by atoms with Crippen LogP contribution in [-0.4, -0.2) is 52.8 Å². The molecule has 4 rings (SSSR count). The lowest BCUT2D eigenvalue weighted by atomic mass is 10.1. The molecule has 1 aliphatic rings. The molecule has 0 radical (unpaired) electrons. The van der Waals surface area contributed by atoms with E-state index in [1.807, 2.05) is 42.5 Å². The molecule has 0 aliphatic carbocycles. The third kappa shape index (κ3) is 4.83. The average Bonchev–Trinajstić information content (AvgIpc) is 2.79. The van der Waals surface area contributed by atoms with E-state index in [1.165, 1.54) is 0 Å². The van der Waals surface area contributed by atoms with E-state index in [9.17, 15) is 9.59 Å². The molecule has 1 saturated heterocycles. The summed E-state index contributed by atoms with van der Waals surface area (Å²) in [6, 6.07) is 20.3. The topological polar surface area (TPSA) is 53.5 Å². The van der Waals surface area contributed by atoms with Gasteiger partial charge >= 0.3 is 0 Å². The number of carbonyl (C=O) groups is 2. The Bertz CT molecular complexity index is 1040. The van der Waals surface area contributed by atoms with Gasteiger partial charge in [-0.25, -0.2) is 4.98 Å². The van der Waals surface area contributed by atoms with E-state index in [0.717, 1.165) is 9.92 Å². The first-order chi connectivity index (χ1) is 14.6. The number of hydrogen-bond acceptors (Lipinski definition) is 4. The number of benzene rings is 2. The van der Waals surface area contributed by atoms with E-state index in [2.05, 4.69) is 4.98 Å². The third-order valence-electron chi connectivity index (χ3n) is 4.89. The lowest BCUT2D eigenvalue weighted by molar-refractivity contribution is 0.0535. The van der Waals surface area contributed by atoms with Crippen LogP contribution in [-0.2, 0) is 0 Å². The van der Waals surface area contributed by atoms with Crippen LogP contribution >= 0.6 is 23.4 Å². The molecule has 2 amide bonds. The Kier molecular flexibility index (Phi) is 6.35. The van der Waals surface area contributed by atoms with Crippen LogP contribution in [0.1, 0.15) is 20.7 Å². The van der Waals surface area contributed by atoms with Crippen molar-refractivity contribution < 1.29 is 9.59 Å². The van der Waals surface area contributed by atoms with Crippen molar-refractivity contribution in [2.45, 2.75) is 9.92 Å². The minimum atomic E-state index is -0.0551. The second-order valence-corrected chi connectivity index (χ2v) is 8.42. The van der Waals surface area contributed by atoms with E-state index in [4.69, 9.17) is 11.6 Å². The molecule has 2 aromatic carbocycles. The molecule has 1 aromatic heterocycles. The van der Waals surface area contributed by atoms with Crippen LogP contribution in [0, 0.1) is 0 Å². The van der Waals surface area contributed by atoms with Crippen LogP contribution in [0.5, 0.6) is 0 Å². The van der Waals surface area contributed by atoms with Crippen molar-refractivity contribution >= 4 is 35.2 Å². The second kappa shape index (κ2) is 9.32. The number of amides is 2. The van der Waals surface area contributed by atoms with Gasteiger partial charge in [-0.2, -0.15) is 0 Å². The van der Waals surface area contributed by atoms with Gasteiger partial charge in [-0.3, -0.25) is 9.59 Å². The summed E-state index contributed by atoms with van der Waals surface area (Å²) in [6.07, 6.45) is 1.76. The van der Waals surface area contributed by atoms with Crippen molar-refractivity contribution in [2.75, 3.05) is 26.2 Å². The Labute approximate surface area is 184 Å². The molecule has 0 saturated carbocycles. The largest absolute Gasteiger partial charge is 0.335 e. The van der Waals surface area contributed by atoms with Crippen LogP contribution in [0.2, 0.25) is 5.02 Å². The van der Waals surface area contributed by atoms with Gasteiger partial charge < -0.3 is 9.80 Å². The van der Waals surface area contributed by atoms with E-state index in [1.54, 1.807) is 52.0 Å². The van der Waals surface area contributed by atoms with Crippen LogP contribution in [0.4, 0.5) is 0 Å². The SMILES string of the molecule is O=C(c1ccc(Sc2ccccn2)cc1)N1CCN(C(=O)c2cccc(Cl)c2)CC1. The highest BCUT2D eigenvalue weighted by Crippen LogP contribution is 2.26. The number of rotatable bonds is 4. The quantitative estimate of drug-likeness (QED) is 0.603. The van der Waals surface area contributed by atoms with Crippen molar-refractivity contribution in [3.63, 3.8) is 0 Å². The van der Waals surface area contributed by atoms with E-state index in [0.29, 0.717) is 42.3 Å². The van der Waals surface area contributed by atoms with Crippen LogP contribution < -0.4 is 0 Å². The monoisotopic (exact) mass is 437 g/mol. The molecular weight excluding hydrogens is 418 g/mol. The number of carbonyl (C=O) groups excluding carboxylic acids is 2. The van der Waals surface area contributed by atoms with E-state index >= 15 is 0 Å². The van der Waals surface area contributed by atoms with Gasteiger partial charge in [0.15, 0.2) is 0 Å². The molecule has 30 heavy (non-hydrogen) atoms. The summed E-state index contributed by atoms with van der Waals surface area (Å²) < 4.78 is 0. The van der Waals surface area contributed by atoms with Crippen molar-refractivity contribution in [1.29, 1.82) is 0 Å². The Morgan fingerprint density at radius 2 is 1.47 bits per heavy atom. The lowest BCUT2D eigenvalue weighted by Gasteiger charge is -2.35. The first-order valence-electron chi connectivity index (χ1n) is 9.63. The average molecular weight is 438 g/mol. The van der Waals surface area contributed by atoms with Gasteiger partial charge in [0.25, 0.3) is 11.8 Å². The van der Waals surface area contributed by atoms with Gasteiger partial charge in [-0.15, -0.1) is 0 Å². The molecule has 0 N–H and O–H groups in total. The molecule has 0 unspecified atom stereocenters. The molecule has 1 fully saturated rings. The van der Waals surface area contributed by atoms with Gasteiger partial charge in [0.05, 0.1) is 0 Å².